The molecular formula is C20H40N4O4. The maximum Gasteiger partial charge on any atom is 0.303 e. The van der Waals surface area contributed by atoms with Gasteiger partial charge in [-0.2, -0.15) is 0 Å². The normalized spacial score (nSPS) is 14.2. The van der Waals surface area contributed by atoms with Crippen molar-refractivity contribution >= 4 is 17.8 Å². The van der Waals surface area contributed by atoms with E-state index in [9.17, 15) is 14.4 Å². The second-order valence-electron chi connectivity index (χ2n) is 9.51. The molecule has 0 aromatic heterocycles. The monoisotopic (exact) mass is 400 g/mol. The minimum absolute atomic E-state index is 0.0223. The minimum Gasteiger partial charge on any atom is -0.481 e. The highest BCUT2D eigenvalue weighted by molar-refractivity contribution is 5.82. The first-order valence-corrected chi connectivity index (χ1v) is 10.00. The number of carbonyl (C=O) groups excluding carboxylic acids is 2. The van der Waals surface area contributed by atoms with Crippen LogP contribution in [0, 0.1) is 11.3 Å². The lowest BCUT2D eigenvalue weighted by molar-refractivity contribution is -0.137. The number of carboxylic acid groups (broad SMARTS) is 1. The fourth-order valence-corrected chi connectivity index (χ4v) is 2.90. The summed E-state index contributed by atoms with van der Waals surface area (Å²) in [6.07, 6.45) is 1.52. The zero-order valence-electron chi connectivity index (χ0n) is 18.4. The van der Waals surface area contributed by atoms with Gasteiger partial charge in [0.2, 0.25) is 11.8 Å². The third-order valence-electron chi connectivity index (χ3n) is 4.05. The van der Waals surface area contributed by atoms with Crippen LogP contribution in [-0.4, -0.2) is 54.1 Å². The van der Waals surface area contributed by atoms with Crippen LogP contribution in [0.1, 0.15) is 67.2 Å². The predicted octanol–water partition coefficient (Wildman–Crippen LogP) is 1.24. The van der Waals surface area contributed by atoms with Gasteiger partial charge in [-0.15, -0.1) is 0 Å². The summed E-state index contributed by atoms with van der Waals surface area (Å²) in [5.41, 5.74) is 5.38. The van der Waals surface area contributed by atoms with E-state index in [1.165, 1.54) is 0 Å². The topological polar surface area (TPSA) is 134 Å². The quantitative estimate of drug-likeness (QED) is 0.313. The van der Waals surface area contributed by atoms with Gasteiger partial charge in [-0.1, -0.05) is 20.8 Å². The van der Waals surface area contributed by atoms with E-state index >= 15 is 0 Å². The molecule has 0 aromatic rings. The Morgan fingerprint density at radius 3 is 1.93 bits per heavy atom. The third-order valence-corrected chi connectivity index (χ3v) is 4.05. The summed E-state index contributed by atoms with van der Waals surface area (Å²) >= 11 is 0. The second-order valence-corrected chi connectivity index (χ2v) is 9.51. The van der Waals surface area contributed by atoms with E-state index in [1.807, 2.05) is 41.5 Å². The van der Waals surface area contributed by atoms with Crippen LogP contribution in [0.15, 0.2) is 0 Å². The molecule has 0 heterocycles. The number of hydrogen-bond acceptors (Lipinski definition) is 5. The summed E-state index contributed by atoms with van der Waals surface area (Å²) in [5, 5.41) is 17.7. The summed E-state index contributed by atoms with van der Waals surface area (Å²) in [5.74, 6) is -1.51. The minimum atomic E-state index is -0.896. The van der Waals surface area contributed by atoms with Crippen molar-refractivity contribution in [3.63, 3.8) is 0 Å². The molecule has 2 amide bonds. The average molecular weight is 401 g/mol. The van der Waals surface area contributed by atoms with Crippen molar-refractivity contribution in [2.75, 3.05) is 19.6 Å². The fraction of sp³-hybridized carbons (Fsp3) is 0.850. The summed E-state index contributed by atoms with van der Waals surface area (Å²) in [6, 6.07) is -0.457. The molecule has 0 saturated heterocycles. The predicted molar refractivity (Wildman–Crippen MR) is 111 cm³/mol. The lowest BCUT2D eigenvalue weighted by Gasteiger charge is -2.27. The summed E-state index contributed by atoms with van der Waals surface area (Å²) in [7, 11) is 0. The number of hydrogen-bond donors (Lipinski definition) is 5. The van der Waals surface area contributed by atoms with Crippen LogP contribution in [0.4, 0.5) is 0 Å². The zero-order chi connectivity index (χ0) is 22.0. The van der Waals surface area contributed by atoms with Crippen LogP contribution >= 0.6 is 0 Å². The highest BCUT2D eigenvalue weighted by atomic mass is 16.4. The smallest absolute Gasteiger partial charge is 0.303 e. The van der Waals surface area contributed by atoms with Crippen molar-refractivity contribution in [1.82, 2.24) is 16.0 Å². The standard InChI is InChI=1S/C20H40N4O4/c1-19(2,3)12-14(8-9-16(25)26)17(27)22-10-7-11-23-18(28)15(13-21)24-20(4,5)6/h14-15,24H,7-13,21H2,1-6H3,(H,22,27)(H,23,28)(H,25,26)/t14-,15+/m1/s1. The van der Waals surface area contributed by atoms with Gasteiger partial charge in [-0.05, 0) is 45.4 Å². The molecule has 0 aliphatic carbocycles. The van der Waals surface area contributed by atoms with Crippen molar-refractivity contribution in [3.05, 3.63) is 0 Å². The van der Waals surface area contributed by atoms with Gasteiger partial charge in [0.25, 0.3) is 0 Å². The Kier molecular flexibility index (Phi) is 11.3. The number of nitrogens with two attached hydrogens (primary N) is 1. The van der Waals surface area contributed by atoms with Gasteiger partial charge >= 0.3 is 5.97 Å². The molecule has 0 aliphatic heterocycles. The van der Waals surface area contributed by atoms with Gasteiger partial charge < -0.3 is 26.8 Å². The second kappa shape index (κ2) is 12.0. The Morgan fingerprint density at radius 2 is 1.50 bits per heavy atom. The maximum absolute atomic E-state index is 12.4. The molecule has 8 nitrogen and oxygen atoms in total. The van der Waals surface area contributed by atoms with E-state index in [4.69, 9.17) is 10.8 Å². The molecule has 8 heteroatoms. The van der Waals surface area contributed by atoms with Crippen molar-refractivity contribution in [2.24, 2.45) is 17.1 Å². The zero-order valence-corrected chi connectivity index (χ0v) is 18.4. The van der Waals surface area contributed by atoms with E-state index < -0.39 is 12.0 Å². The van der Waals surface area contributed by atoms with E-state index in [1.54, 1.807) is 0 Å². The van der Waals surface area contributed by atoms with Crippen LogP contribution < -0.4 is 21.7 Å². The van der Waals surface area contributed by atoms with Crippen LogP contribution in [0.5, 0.6) is 0 Å². The first-order chi connectivity index (χ1) is 12.7. The molecule has 2 atom stereocenters. The molecule has 28 heavy (non-hydrogen) atoms. The molecule has 0 aromatic carbocycles. The van der Waals surface area contributed by atoms with Gasteiger partial charge in [-0.25, -0.2) is 0 Å². The lowest BCUT2D eigenvalue weighted by atomic mass is 9.82. The number of nitrogens with one attached hydrogen (secondary N) is 3. The van der Waals surface area contributed by atoms with Gasteiger partial charge in [0, 0.05) is 37.5 Å². The Hall–Kier alpha value is -1.67. The Bertz CT molecular complexity index is 509. The number of aliphatic carboxylic acids is 1. The highest BCUT2D eigenvalue weighted by Gasteiger charge is 2.25. The molecule has 0 spiro atoms. The highest BCUT2D eigenvalue weighted by Crippen LogP contribution is 2.27. The lowest BCUT2D eigenvalue weighted by Crippen LogP contribution is -2.55. The molecule has 0 bridgehead atoms. The Morgan fingerprint density at radius 1 is 0.964 bits per heavy atom. The molecule has 0 radical (unpaired) electrons. The molecule has 0 unspecified atom stereocenters. The third kappa shape index (κ3) is 13.5. The number of carbonyl (C=O) groups is 3. The van der Waals surface area contributed by atoms with Crippen LogP contribution in [0.3, 0.4) is 0 Å². The molecule has 0 aliphatic rings. The SMILES string of the molecule is CC(C)(C)C[C@@H](CCC(=O)O)C(=O)NCCCNC(=O)[C@H](CN)NC(C)(C)C. The van der Waals surface area contributed by atoms with Gasteiger partial charge in [0.15, 0.2) is 0 Å². The summed E-state index contributed by atoms with van der Waals surface area (Å²) in [6.45, 7) is 13.1. The summed E-state index contributed by atoms with van der Waals surface area (Å²) < 4.78 is 0. The first-order valence-electron chi connectivity index (χ1n) is 10.00. The molecule has 164 valence electrons. The average Bonchev–Trinajstić information content (AvgIpc) is 2.53. The largest absolute Gasteiger partial charge is 0.481 e. The van der Waals surface area contributed by atoms with E-state index in [0.29, 0.717) is 32.4 Å². The van der Waals surface area contributed by atoms with Crippen molar-refractivity contribution in [2.45, 2.75) is 78.8 Å². The maximum atomic E-state index is 12.4. The van der Waals surface area contributed by atoms with Gasteiger partial charge in [-0.3, -0.25) is 14.4 Å². The number of amides is 2. The van der Waals surface area contributed by atoms with Gasteiger partial charge in [0.05, 0.1) is 6.04 Å². The summed E-state index contributed by atoms with van der Waals surface area (Å²) in [4.78, 5) is 35.4. The molecule has 6 N–H and O–H groups in total. The van der Waals surface area contributed by atoms with Crippen LogP contribution in [0.25, 0.3) is 0 Å². The molecular weight excluding hydrogens is 360 g/mol. The molecule has 0 saturated carbocycles. The fourth-order valence-electron chi connectivity index (χ4n) is 2.90. The first kappa shape index (κ1) is 26.3. The number of rotatable bonds is 12. The van der Waals surface area contributed by atoms with Crippen molar-refractivity contribution in [3.8, 4) is 0 Å². The van der Waals surface area contributed by atoms with E-state index in [-0.39, 0.29) is 41.7 Å². The van der Waals surface area contributed by atoms with Gasteiger partial charge in [0.1, 0.15) is 0 Å². The Labute approximate surface area is 169 Å². The van der Waals surface area contributed by atoms with E-state index in [0.717, 1.165) is 0 Å². The van der Waals surface area contributed by atoms with E-state index in [2.05, 4.69) is 16.0 Å². The Balaban J connectivity index is 4.35. The molecule has 0 rings (SSSR count). The van der Waals surface area contributed by atoms with Crippen LogP contribution in [-0.2, 0) is 14.4 Å². The van der Waals surface area contributed by atoms with Crippen molar-refractivity contribution in [1.29, 1.82) is 0 Å². The molecule has 0 fully saturated rings. The van der Waals surface area contributed by atoms with Crippen molar-refractivity contribution < 1.29 is 19.5 Å². The van der Waals surface area contributed by atoms with Crippen LogP contribution in [0.2, 0.25) is 0 Å². The number of carboxylic acids is 1.